The maximum Gasteiger partial charge on any atom is 0.433 e. The molecule has 3 heterocycles. The maximum atomic E-state index is 13.7. The van der Waals surface area contributed by atoms with Crippen LogP contribution in [-0.2, 0) is 12.4 Å². The highest BCUT2D eigenvalue weighted by molar-refractivity contribution is 5.49. The molecule has 3 atom stereocenters. The van der Waals surface area contributed by atoms with E-state index in [0.29, 0.717) is 30.9 Å². The molecule has 0 spiro atoms. The van der Waals surface area contributed by atoms with Crippen molar-refractivity contribution in [1.82, 2.24) is 19.7 Å². The van der Waals surface area contributed by atoms with Gasteiger partial charge in [-0.1, -0.05) is 0 Å². The Labute approximate surface area is 219 Å². The van der Waals surface area contributed by atoms with Gasteiger partial charge in [0.05, 0.1) is 11.6 Å². The van der Waals surface area contributed by atoms with Crippen molar-refractivity contribution in [2.75, 3.05) is 23.3 Å². The Hall–Kier alpha value is -3.58. The Morgan fingerprint density at radius 1 is 0.974 bits per heavy atom. The monoisotopic (exact) mass is 558 g/mol. The fraction of sp³-hybridized carbons (Fsp3) is 0.480. The number of hydrogen-bond donors (Lipinski definition) is 1. The number of hydrogen-bond acceptors (Lipinski definition) is 6. The molecule has 3 aromatic rings. The highest BCUT2D eigenvalue weighted by Gasteiger charge is 2.43. The third-order valence-electron chi connectivity index (χ3n) is 7.07. The molecule has 0 radical (unpaired) electrons. The summed E-state index contributed by atoms with van der Waals surface area (Å²) in [6.45, 7) is 4.64. The highest BCUT2D eigenvalue weighted by atomic mass is 19.4. The van der Waals surface area contributed by atoms with Gasteiger partial charge in [-0.25, -0.2) is 9.07 Å². The van der Waals surface area contributed by atoms with Gasteiger partial charge in [-0.3, -0.25) is 4.98 Å². The Morgan fingerprint density at radius 2 is 1.67 bits per heavy atom. The van der Waals surface area contributed by atoms with Crippen LogP contribution in [0.25, 0.3) is 0 Å². The van der Waals surface area contributed by atoms with Crippen molar-refractivity contribution in [2.24, 2.45) is 11.8 Å². The number of nitrogens with one attached hydrogen (secondary N) is 1. The molecule has 7 nitrogen and oxygen atoms in total. The number of alkyl halides is 6. The van der Waals surface area contributed by atoms with Crippen LogP contribution in [0.4, 0.5) is 42.4 Å². The molecule has 1 aliphatic heterocycles. The predicted molar refractivity (Wildman–Crippen MR) is 127 cm³/mol. The van der Waals surface area contributed by atoms with Crippen LogP contribution >= 0.6 is 0 Å². The van der Waals surface area contributed by atoms with E-state index in [1.807, 2.05) is 4.90 Å². The summed E-state index contributed by atoms with van der Waals surface area (Å²) in [5, 5.41) is 7.74. The van der Waals surface area contributed by atoms with Crippen molar-refractivity contribution < 1.29 is 35.5 Å². The van der Waals surface area contributed by atoms with Gasteiger partial charge in [-0.05, 0) is 68.9 Å². The van der Waals surface area contributed by atoms with Crippen LogP contribution in [0.1, 0.15) is 44.0 Å². The minimum Gasteiger partial charge on any atom is -0.424 e. The summed E-state index contributed by atoms with van der Waals surface area (Å²) >= 11 is 0. The number of anilines is 2. The number of nitrogens with zero attached hydrogens (tertiary/aromatic N) is 5. The van der Waals surface area contributed by atoms with Crippen molar-refractivity contribution in [1.29, 1.82) is 0 Å². The number of piperidine rings is 1. The standard InChI is InChI=1S/C25H25F7N6O/c1-13(2)38-23(39-17-5-6-19(26)18(10-17)24(27,28)29)35-22(36-38)34-21-14-3-4-15(21)12-37(11-14)16-7-8-33-20(9-16)25(30,31)32/h5-10,13-15,21H,3-4,11-12H2,1-2H3,(H,34,36)/t14-,15+,21+. The largest absolute Gasteiger partial charge is 0.433 e. The van der Waals surface area contributed by atoms with E-state index in [9.17, 15) is 30.7 Å². The van der Waals surface area contributed by atoms with Crippen LogP contribution in [0.2, 0.25) is 0 Å². The van der Waals surface area contributed by atoms with Crippen molar-refractivity contribution in [2.45, 2.75) is 51.1 Å². The Kier molecular flexibility index (Phi) is 6.83. The number of aromatic nitrogens is 4. The predicted octanol–water partition coefficient (Wildman–Crippen LogP) is 6.55. The third kappa shape index (κ3) is 5.59. The number of halogens is 7. The number of fused-ring (bicyclic) bond motifs is 2. The summed E-state index contributed by atoms with van der Waals surface area (Å²) in [6.07, 6.45) is -6.54. The molecule has 1 N–H and O–H groups in total. The Balaban J connectivity index is 1.32. The maximum absolute atomic E-state index is 13.7. The smallest absolute Gasteiger partial charge is 0.424 e. The lowest BCUT2D eigenvalue weighted by Crippen LogP contribution is -2.48. The molecule has 1 aromatic carbocycles. The van der Waals surface area contributed by atoms with Gasteiger partial charge in [-0.15, -0.1) is 5.10 Å². The van der Waals surface area contributed by atoms with Gasteiger partial charge in [0.2, 0.25) is 5.95 Å². The first-order valence-electron chi connectivity index (χ1n) is 12.4. The number of pyridine rings is 1. The van der Waals surface area contributed by atoms with E-state index in [4.69, 9.17) is 4.74 Å². The van der Waals surface area contributed by atoms with Crippen molar-refractivity contribution in [3.05, 3.63) is 53.6 Å². The third-order valence-corrected chi connectivity index (χ3v) is 7.07. The minimum absolute atomic E-state index is 0.0521. The second-order valence-electron chi connectivity index (χ2n) is 10.1. The molecular weight excluding hydrogens is 533 g/mol. The second-order valence-corrected chi connectivity index (χ2v) is 10.1. The SMILES string of the molecule is CC(C)n1nc(N[C@H]2[C@@H]3CC[C@H]2CN(c2ccnc(C(F)(F)F)c2)C3)nc1Oc1ccc(F)c(C(F)(F)F)c1. The molecule has 0 amide bonds. The quantitative estimate of drug-likeness (QED) is 0.346. The van der Waals surface area contributed by atoms with E-state index in [2.05, 4.69) is 20.4 Å². The molecule has 1 saturated heterocycles. The fourth-order valence-corrected chi connectivity index (χ4v) is 5.26. The Bertz CT molecular complexity index is 1330. The van der Waals surface area contributed by atoms with Crippen LogP contribution in [0.5, 0.6) is 11.8 Å². The van der Waals surface area contributed by atoms with Crippen LogP contribution in [0.3, 0.4) is 0 Å². The van der Waals surface area contributed by atoms with E-state index in [1.54, 1.807) is 19.9 Å². The van der Waals surface area contributed by atoms with Gasteiger partial charge in [0, 0.05) is 31.0 Å². The molecule has 2 aliphatic rings. The molecule has 39 heavy (non-hydrogen) atoms. The molecule has 5 rings (SSSR count). The van der Waals surface area contributed by atoms with E-state index in [1.165, 1.54) is 4.68 Å². The van der Waals surface area contributed by atoms with E-state index in [0.717, 1.165) is 31.2 Å². The summed E-state index contributed by atoms with van der Waals surface area (Å²) in [7, 11) is 0. The zero-order valence-corrected chi connectivity index (χ0v) is 20.9. The van der Waals surface area contributed by atoms with Crippen LogP contribution in [-0.4, -0.2) is 38.9 Å². The summed E-state index contributed by atoms with van der Waals surface area (Å²) in [4.78, 5) is 9.71. The van der Waals surface area contributed by atoms with Crippen LogP contribution < -0.4 is 15.0 Å². The average Bonchev–Trinajstić information content (AvgIpc) is 3.34. The zero-order chi connectivity index (χ0) is 28.1. The molecule has 1 saturated carbocycles. The molecule has 0 unspecified atom stereocenters. The lowest BCUT2D eigenvalue weighted by Gasteiger charge is -2.39. The topological polar surface area (TPSA) is 68.1 Å². The number of ether oxygens (including phenoxy) is 1. The van der Waals surface area contributed by atoms with Crippen LogP contribution in [0, 0.1) is 17.7 Å². The molecule has 2 bridgehead atoms. The summed E-state index contributed by atoms with van der Waals surface area (Å²) < 4.78 is 99.5. The van der Waals surface area contributed by atoms with Crippen LogP contribution in [0.15, 0.2) is 36.5 Å². The van der Waals surface area contributed by atoms with E-state index < -0.39 is 29.4 Å². The molecule has 2 aromatic heterocycles. The first-order chi connectivity index (χ1) is 18.3. The first kappa shape index (κ1) is 27.0. The second kappa shape index (κ2) is 9.87. The summed E-state index contributed by atoms with van der Waals surface area (Å²) in [5.74, 6) is -1.23. The molecule has 1 aliphatic carbocycles. The van der Waals surface area contributed by atoms with Gasteiger partial charge in [0.1, 0.15) is 17.3 Å². The van der Waals surface area contributed by atoms with Gasteiger partial charge in [0.25, 0.3) is 0 Å². The minimum atomic E-state index is -4.89. The average molecular weight is 559 g/mol. The Morgan fingerprint density at radius 3 is 2.28 bits per heavy atom. The molecule has 210 valence electrons. The molecule has 2 fully saturated rings. The highest BCUT2D eigenvalue weighted by Crippen LogP contribution is 2.41. The van der Waals surface area contributed by atoms with E-state index >= 15 is 0 Å². The first-order valence-corrected chi connectivity index (χ1v) is 12.4. The van der Waals surface area contributed by atoms with E-state index in [-0.39, 0.29) is 41.6 Å². The van der Waals surface area contributed by atoms with Gasteiger partial charge in [0.15, 0.2) is 0 Å². The zero-order valence-electron chi connectivity index (χ0n) is 20.9. The lowest BCUT2D eigenvalue weighted by atomic mass is 9.92. The van der Waals surface area contributed by atoms with Gasteiger partial charge < -0.3 is 15.0 Å². The number of rotatable bonds is 6. The fourth-order valence-electron chi connectivity index (χ4n) is 5.26. The van der Waals surface area contributed by atoms with Crippen molar-refractivity contribution >= 4 is 11.6 Å². The molecular formula is C25H25F7N6O. The summed E-state index contributed by atoms with van der Waals surface area (Å²) in [5.41, 5.74) is -1.93. The molecule has 14 heteroatoms. The lowest BCUT2D eigenvalue weighted by molar-refractivity contribution is -0.141. The van der Waals surface area contributed by atoms with Gasteiger partial charge in [-0.2, -0.15) is 31.3 Å². The van der Waals surface area contributed by atoms with Crippen molar-refractivity contribution in [3.8, 4) is 11.8 Å². The normalized spacial score (nSPS) is 21.5. The van der Waals surface area contributed by atoms with Gasteiger partial charge >= 0.3 is 18.4 Å². The number of benzene rings is 1. The van der Waals surface area contributed by atoms with Crippen molar-refractivity contribution in [3.63, 3.8) is 0 Å². The summed E-state index contributed by atoms with van der Waals surface area (Å²) in [6, 6.07) is 4.59.